The third-order valence-electron chi connectivity index (χ3n) is 2.28. The molecular weight excluding hydrogens is 174 g/mol. The summed E-state index contributed by atoms with van der Waals surface area (Å²) in [4.78, 5) is 4.26. The number of nitrogens with one attached hydrogen (secondary N) is 1. The fraction of sp³-hybridized carbons (Fsp3) is 0.545. The van der Waals surface area contributed by atoms with E-state index in [-0.39, 0.29) is 0 Å². The normalized spacial score (nSPS) is 12.5. The molecule has 3 N–H and O–H groups in total. The summed E-state index contributed by atoms with van der Waals surface area (Å²) in [5, 5.41) is 3.38. The molecule has 1 rings (SSSR count). The van der Waals surface area contributed by atoms with Crippen molar-refractivity contribution in [1.29, 1.82) is 0 Å². The van der Waals surface area contributed by atoms with Crippen LogP contribution in [0.2, 0.25) is 0 Å². The summed E-state index contributed by atoms with van der Waals surface area (Å²) in [5.41, 5.74) is 6.76. The van der Waals surface area contributed by atoms with Gasteiger partial charge in [-0.2, -0.15) is 0 Å². The van der Waals surface area contributed by atoms with Gasteiger partial charge in [0.15, 0.2) is 0 Å². The Morgan fingerprint density at radius 2 is 2.36 bits per heavy atom. The van der Waals surface area contributed by atoms with Crippen molar-refractivity contribution in [2.45, 2.75) is 32.7 Å². The van der Waals surface area contributed by atoms with Crippen molar-refractivity contribution in [1.82, 2.24) is 4.98 Å². The van der Waals surface area contributed by atoms with E-state index in [1.807, 2.05) is 12.3 Å². The molecule has 0 fully saturated rings. The van der Waals surface area contributed by atoms with Gasteiger partial charge in [0.2, 0.25) is 0 Å². The first-order chi connectivity index (χ1) is 6.76. The molecule has 0 amide bonds. The first kappa shape index (κ1) is 11.0. The molecule has 0 bridgehead atoms. The van der Waals surface area contributed by atoms with Crippen molar-refractivity contribution < 1.29 is 0 Å². The van der Waals surface area contributed by atoms with Crippen molar-refractivity contribution >= 4 is 5.82 Å². The van der Waals surface area contributed by atoms with Crippen molar-refractivity contribution in [2.24, 2.45) is 5.73 Å². The molecule has 0 aliphatic heterocycles. The Morgan fingerprint density at radius 3 is 2.93 bits per heavy atom. The SMILES string of the molecule is CCC(CCN)Nc1cc(C)ccn1. The Kier molecular flexibility index (Phi) is 4.40. The Labute approximate surface area is 85.7 Å². The lowest BCUT2D eigenvalue weighted by atomic mass is 10.1. The van der Waals surface area contributed by atoms with Gasteiger partial charge in [-0.1, -0.05) is 6.92 Å². The zero-order valence-corrected chi connectivity index (χ0v) is 8.96. The van der Waals surface area contributed by atoms with Crippen molar-refractivity contribution in [3.05, 3.63) is 23.9 Å². The van der Waals surface area contributed by atoms with Gasteiger partial charge in [0.1, 0.15) is 5.82 Å². The lowest BCUT2D eigenvalue weighted by molar-refractivity contribution is 0.639. The third-order valence-corrected chi connectivity index (χ3v) is 2.28. The van der Waals surface area contributed by atoms with Crippen LogP contribution in [0.25, 0.3) is 0 Å². The van der Waals surface area contributed by atoms with Crippen molar-refractivity contribution in [3.8, 4) is 0 Å². The van der Waals surface area contributed by atoms with E-state index in [1.165, 1.54) is 5.56 Å². The molecule has 14 heavy (non-hydrogen) atoms. The van der Waals surface area contributed by atoms with E-state index in [4.69, 9.17) is 5.73 Å². The van der Waals surface area contributed by atoms with Gasteiger partial charge in [0, 0.05) is 12.2 Å². The molecule has 1 atom stereocenters. The quantitative estimate of drug-likeness (QED) is 0.751. The summed E-state index contributed by atoms with van der Waals surface area (Å²) >= 11 is 0. The number of pyridine rings is 1. The molecule has 0 aromatic carbocycles. The first-order valence-corrected chi connectivity index (χ1v) is 5.15. The van der Waals surface area contributed by atoms with E-state index in [0.717, 1.165) is 25.2 Å². The number of hydrogen-bond acceptors (Lipinski definition) is 3. The topological polar surface area (TPSA) is 50.9 Å². The summed E-state index contributed by atoms with van der Waals surface area (Å²) in [6.45, 7) is 4.94. The predicted octanol–water partition coefficient (Wildman–Crippen LogP) is 1.93. The average Bonchev–Trinajstić information content (AvgIpc) is 2.17. The van der Waals surface area contributed by atoms with E-state index in [9.17, 15) is 0 Å². The standard InChI is InChI=1S/C11H19N3/c1-3-10(4-6-12)14-11-8-9(2)5-7-13-11/h5,7-8,10H,3-4,6,12H2,1-2H3,(H,13,14). The van der Waals surface area contributed by atoms with E-state index >= 15 is 0 Å². The highest BCUT2D eigenvalue weighted by molar-refractivity contribution is 5.37. The lowest BCUT2D eigenvalue weighted by Gasteiger charge is -2.16. The van der Waals surface area contributed by atoms with Gasteiger partial charge in [-0.25, -0.2) is 4.98 Å². The van der Waals surface area contributed by atoms with Gasteiger partial charge in [-0.3, -0.25) is 0 Å². The number of nitrogens with zero attached hydrogens (tertiary/aromatic N) is 1. The van der Waals surface area contributed by atoms with Gasteiger partial charge in [0.25, 0.3) is 0 Å². The number of nitrogens with two attached hydrogens (primary N) is 1. The monoisotopic (exact) mass is 193 g/mol. The number of anilines is 1. The highest BCUT2D eigenvalue weighted by atomic mass is 15.0. The van der Waals surface area contributed by atoms with E-state index in [2.05, 4.69) is 30.2 Å². The Hall–Kier alpha value is -1.09. The second-order valence-electron chi connectivity index (χ2n) is 3.55. The predicted molar refractivity (Wildman–Crippen MR) is 60.3 cm³/mol. The van der Waals surface area contributed by atoms with Crippen LogP contribution in [0.4, 0.5) is 5.82 Å². The molecule has 1 aromatic rings. The Morgan fingerprint density at radius 1 is 1.57 bits per heavy atom. The maximum absolute atomic E-state index is 5.53. The van der Waals surface area contributed by atoms with Crippen LogP contribution in [-0.2, 0) is 0 Å². The number of aromatic nitrogens is 1. The Balaban J connectivity index is 2.57. The maximum atomic E-state index is 5.53. The summed E-state index contributed by atoms with van der Waals surface area (Å²) in [5.74, 6) is 0.949. The zero-order chi connectivity index (χ0) is 10.4. The second-order valence-corrected chi connectivity index (χ2v) is 3.55. The van der Waals surface area contributed by atoms with Crippen LogP contribution >= 0.6 is 0 Å². The minimum absolute atomic E-state index is 0.439. The summed E-state index contributed by atoms with van der Waals surface area (Å²) in [6, 6.07) is 4.49. The molecule has 0 saturated heterocycles. The van der Waals surface area contributed by atoms with Gasteiger partial charge in [-0.05, 0) is 44.0 Å². The molecule has 0 spiro atoms. The number of hydrogen-bond donors (Lipinski definition) is 2. The highest BCUT2D eigenvalue weighted by Gasteiger charge is 2.04. The van der Waals surface area contributed by atoms with Crippen LogP contribution in [-0.4, -0.2) is 17.6 Å². The molecular formula is C11H19N3. The van der Waals surface area contributed by atoms with Crippen LogP contribution in [0, 0.1) is 6.92 Å². The first-order valence-electron chi connectivity index (χ1n) is 5.15. The molecule has 3 nitrogen and oxygen atoms in total. The zero-order valence-electron chi connectivity index (χ0n) is 8.96. The Bertz CT molecular complexity index is 273. The maximum Gasteiger partial charge on any atom is 0.126 e. The number of rotatable bonds is 5. The van der Waals surface area contributed by atoms with Crippen molar-refractivity contribution in [2.75, 3.05) is 11.9 Å². The highest BCUT2D eigenvalue weighted by Crippen LogP contribution is 2.09. The summed E-state index contributed by atoms with van der Waals surface area (Å²) in [6.07, 6.45) is 3.89. The van der Waals surface area contributed by atoms with Crippen LogP contribution < -0.4 is 11.1 Å². The van der Waals surface area contributed by atoms with Gasteiger partial charge in [-0.15, -0.1) is 0 Å². The van der Waals surface area contributed by atoms with Gasteiger partial charge in [0.05, 0.1) is 0 Å². The van der Waals surface area contributed by atoms with Crippen LogP contribution in [0.3, 0.4) is 0 Å². The summed E-state index contributed by atoms with van der Waals surface area (Å²) in [7, 11) is 0. The molecule has 3 heteroatoms. The van der Waals surface area contributed by atoms with Crippen LogP contribution in [0.15, 0.2) is 18.3 Å². The van der Waals surface area contributed by atoms with E-state index < -0.39 is 0 Å². The fourth-order valence-electron chi connectivity index (χ4n) is 1.40. The smallest absolute Gasteiger partial charge is 0.126 e. The molecule has 1 aromatic heterocycles. The average molecular weight is 193 g/mol. The minimum atomic E-state index is 0.439. The molecule has 1 unspecified atom stereocenters. The lowest BCUT2D eigenvalue weighted by Crippen LogP contribution is -2.22. The van der Waals surface area contributed by atoms with Crippen molar-refractivity contribution in [3.63, 3.8) is 0 Å². The van der Waals surface area contributed by atoms with Crippen LogP contribution in [0.5, 0.6) is 0 Å². The largest absolute Gasteiger partial charge is 0.367 e. The van der Waals surface area contributed by atoms with Crippen LogP contribution in [0.1, 0.15) is 25.3 Å². The number of aryl methyl sites for hydroxylation is 1. The minimum Gasteiger partial charge on any atom is -0.367 e. The molecule has 0 saturated carbocycles. The molecule has 78 valence electrons. The van der Waals surface area contributed by atoms with E-state index in [0.29, 0.717) is 6.04 Å². The second kappa shape index (κ2) is 5.60. The van der Waals surface area contributed by atoms with Gasteiger partial charge < -0.3 is 11.1 Å². The summed E-state index contributed by atoms with van der Waals surface area (Å²) < 4.78 is 0. The molecule has 0 radical (unpaired) electrons. The molecule has 1 heterocycles. The molecule has 0 aliphatic carbocycles. The van der Waals surface area contributed by atoms with E-state index in [1.54, 1.807) is 0 Å². The molecule has 0 aliphatic rings. The fourth-order valence-corrected chi connectivity index (χ4v) is 1.40. The third kappa shape index (κ3) is 3.34. The van der Waals surface area contributed by atoms with Gasteiger partial charge >= 0.3 is 0 Å².